The van der Waals surface area contributed by atoms with Crippen molar-refractivity contribution in [3.05, 3.63) is 5.21 Å². The van der Waals surface area contributed by atoms with Crippen LogP contribution >= 0.6 is 0 Å². The summed E-state index contributed by atoms with van der Waals surface area (Å²) in [4.78, 5) is 21.8. The summed E-state index contributed by atoms with van der Waals surface area (Å²) in [5.74, 6) is 3.14. The Morgan fingerprint density at radius 2 is 1.41 bits per heavy atom. The Labute approximate surface area is 161 Å². The number of carboxylic acid groups (broad SMARTS) is 2. The summed E-state index contributed by atoms with van der Waals surface area (Å²) in [5, 5.41) is 34.5. The standard InChI is InChI=1S/C18H36N4O5/c19-21-22(27)15-13-16(18(25)26)20-14-11-9-7-5-3-1-2-4-6-8-10-12-17(23)24/h16,20H,1-15,19H2,(H,23,24)(H,25,26)/t16-/m0/s1. The molecule has 9 nitrogen and oxygen atoms in total. The van der Waals surface area contributed by atoms with Crippen molar-refractivity contribution < 1.29 is 24.7 Å². The molecular weight excluding hydrogens is 352 g/mol. The number of hydrogen-bond acceptors (Lipinski definition) is 5. The van der Waals surface area contributed by atoms with Crippen molar-refractivity contribution in [1.29, 1.82) is 0 Å². The molecule has 0 aliphatic carbocycles. The summed E-state index contributed by atoms with van der Waals surface area (Å²) in [5.41, 5.74) is 0. The van der Waals surface area contributed by atoms with Crippen LogP contribution in [0.2, 0.25) is 0 Å². The van der Waals surface area contributed by atoms with Crippen LogP contribution in [0.5, 0.6) is 0 Å². The Balaban J connectivity index is 3.42. The normalized spacial score (nSPS) is 12.8. The van der Waals surface area contributed by atoms with Gasteiger partial charge in [0.1, 0.15) is 12.6 Å². The molecule has 0 aromatic carbocycles. The SMILES string of the molecule is NN=[N+]([O-])CC[C@H](NCCCCCCCCCCCCCC(=O)O)C(=O)O. The van der Waals surface area contributed by atoms with E-state index in [4.69, 9.17) is 16.1 Å². The third kappa shape index (κ3) is 17.3. The molecule has 158 valence electrons. The van der Waals surface area contributed by atoms with Gasteiger partial charge in [-0.05, 0) is 19.4 Å². The summed E-state index contributed by atoms with van der Waals surface area (Å²) >= 11 is 0. The Morgan fingerprint density at radius 1 is 0.926 bits per heavy atom. The first-order valence-corrected chi connectivity index (χ1v) is 10.0. The van der Waals surface area contributed by atoms with Crippen LogP contribution in [-0.2, 0) is 9.59 Å². The fourth-order valence-corrected chi connectivity index (χ4v) is 2.88. The van der Waals surface area contributed by atoms with Gasteiger partial charge in [-0.15, -0.1) is 0 Å². The fourth-order valence-electron chi connectivity index (χ4n) is 2.88. The number of hydroxylamine groups is 1. The number of nitrogens with one attached hydrogen (secondary N) is 1. The summed E-state index contributed by atoms with van der Waals surface area (Å²) < 4.78 is 0. The van der Waals surface area contributed by atoms with Gasteiger partial charge in [0, 0.05) is 12.8 Å². The molecule has 0 heterocycles. The van der Waals surface area contributed by atoms with Gasteiger partial charge < -0.3 is 20.7 Å². The lowest BCUT2D eigenvalue weighted by atomic mass is 10.1. The maximum atomic E-state index is 11.1. The van der Waals surface area contributed by atoms with Crippen LogP contribution in [0.1, 0.15) is 83.5 Å². The molecule has 27 heavy (non-hydrogen) atoms. The second-order valence-corrected chi connectivity index (χ2v) is 6.86. The minimum Gasteiger partial charge on any atom is -0.696 e. The van der Waals surface area contributed by atoms with Gasteiger partial charge in [0.2, 0.25) is 0 Å². The summed E-state index contributed by atoms with van der Waals surface area (Å²) in [6.07, 6.45) is 12.5. The van der Waals surface area contributed by atoms with Gasteiger partial charge in [0.15, 0.2) is 0 Å². The van der Waals surface area contributed by atoms with E-state index in [9.17, 15) is 14.8 Å². The molecule has 0 saturated heterocycles. The Morgan fingerprint density at radius 3 is 1.85 bits per heavy atom. The number of carbonyl (C=O) groups is 2. The van der Waals surface area contributed by atoms with Gasteiger partial charge in [-0.3, -0.25) is 9.59 Å². The Kier molecular flexibility index (Phi) is 16.3. The zero-order valence-electron chi connectivity index (χ0n) is 16.3. The fraction of sp³-hybridized carbons (Fsp3) is 0.889. The second-order valence-electron chi connectivity index (χ2n) is 6.86. The molecule has 0 aromatic heterocycles. The highest BCUT2D eigenvalue weighted by Gasteiger charge is 2.16. The summed E-state index contributed by atoms with van der Waals surface area (Å²) in [6.45, 7) is 0.575. The van der Waals surface area contributed by atoms with E-state index in [0.29, 0.717) is 6.54 Å². The van der Waals surface area contributed by atoms with Gasteiger partial charge in [-0.25, -0.2) is 0 Å². The number of aliphatic carboxylic acids is 2. The zero-order valence-corrected chi connectivity index (χ0v) is 16.3. The molecule has 0 unspecified atom stereocenters. The first kappa shape index (κ1) is 25.1. The smallest absolute Gasteiger partial charge is 0.320 e. The van der Waals surface area contributed by atoms with Crippen LogP contribution in [0.25, 0.3) is 0 Å². The molecule has 0 rings (SSSR count). The molecule has 0 aliphatic rings. The van der Waals surface area contributed by atoms with Crippen molar-refractivity contribution in [2.75, 3.05) is 13.1 Å². The average Bonchev–Trinajstić information content (AvgIpc) is 2.63. The summed E-state index contributed by atoms with van der Waals surface area (Å²) in [7, 11) is 0. The van der Waals surface area contributed by atoms with Crippen LogP contribution in [0, 0.1) is 5.21 Å². The number of carboxylic acids is 2. The van der Waals surface area contributed by atoms with Crippen molar-refractivity contribution in [2.24, 2.45) is 11.1 Å². The van der Waals surface area contributed by atoms with E-state index in [1.165, 1.54) is 32.1 Å². The number of hydrogen-bond donors (Lipinski definition) is 4. The molecule has 0 amide bonds. The molecule has 0 saturated carbocycles. The minimum atomic E-state index is -0.969. The van der Waals surface area contributed by atoms with Gasteiger partial charge in [-0.2, -0.15) is 10.7 Å². The number of rotatable bonds is 19. The second kappa shape index (κ2) is 17.5. The van der Waals surface area contributed by atoms with E-state index < -0.39 is 18.0 Å². The highest BCUT2D eigenvalue weighted by Crippen LogP contribution is 2.12. The van der Waals surface area contributed by atoms with Crippen molar-refractivity contribution >= 4 is 11.9 Å². The van der Waals surface area contributed by atoms with Crippen LogP contribution in [0.15, 0.2) is 5.22 Å². The minimum absolute atomic E-state index is 0.0416. The highest BCUT2D eigenvalue weighted by molar-refractivity contribution is 5.73. The van der Waals surface area contributed by atoms with E-state index in [-0.39, 0.29) is 24.2 Å². The van der Waals surface area contributed by atoms with Crippen LogP contribution < -0.4 is 11.2 Å². The number of nitrogens with zero attached hydrogens (tertiary/aromatic N) is 2. The van der Waals surface area contributed by atoms with E-state index in [1.807, 2.05) is 0 Å². The Bertz CT molecular complexity index is 432. The predicted molar refractivity (Wildman–Crippen MR) is 102 cm³/mol. The molecule has 0 bridgehead atoms. The quantitative estimate of drug-likeness (QED) is 0.0872. The lowest BCUT2D eigenvalue weighted by Gasteiger charge is -2.14. The largest absolute Gasteiger partial charge is 0.696 e. The molecule has 0 radical (unpaired) electrons. The maximum absolute atomic E-state index is 11.1. The van der Waals surface area contributed by atoms with E-state index in [1.54, 1.807) is 0 Å². The molecule has 0 aromatic rings. The molecule has 9 heteroatoms. The Hall–Kier alpha value is -1.90. The third-order valence-corrected chi connectivity index (χ3v) is 4.49. The van der Waals surface area contributed by atoms with Crippen molar-refractivity contribution in [3.63, 3.8) is 0 Å². The van der Waals surface area contributed by atoms with Gasteiger partial charge >= 0.3 is 11.9 Å². The first-order chi connectivity index (χ1) is 13.0. The van der Waals surface area contributed by atoms with E-state index >= 15 is 0 Å². The molecule has 0 fully saturated rings. The number of nitrogens with two attached hydrogens (primary N) is 1. The summed E-state index contributed by atoms with van der Waals surface area (Å²) in [6, 6.07) is -0.751. The predicted octanol–water partition coefficient (Wildman–Crippen LogP) is 3.02. The lowest BCUT2D eigenvalue weighted by molar-refractivity contribution is -0.532. The van der Waals surface area contributed by atoms with Gasteiger partial charge in [0.25, 0.3) is 0 Å². The van der Waals surface area contributed by atoms with Crippen LogP contribution in [-0.4, -0.2) is 46.1 Å². The topological polar surface area (TPSA) is 151 Å². The van der Waals surface area contributed by atoms with Gasteiger partial charge in [-0.1, -0.05) is 57.8 Å². The van der Waals surface area contributed by atoms with E-state index in [2.05, 4.69) is 10.5 Å². The highest BCUT2D eigenvalue weighted by atomic mass is 16.5. The molecular formula is C18H36N4O5. The monoisotopic (exact) mass is 388 g/mol. The third-order valence-electron chi connectivity index (χ3n) is 4.49. The number of unbranched alkanes of at least 4 members (excludes halogenated alkanes) is 10. The molecule has 1 atom stereocenters. The van der Waals surface area contributed by atoms with E-state index in [0.717, 1.165) is 38.5 Å². The van der Waals surface area contributed by atoms with Crippen LogP contribution in [0.4, 0.5) is 0 Å². The maximum Gasteiger partial charge on any atom is 0.320 e. The van der Waals surface area contributed by atoms with Crippen LogP contribution in [0.3, 0.4) is 0 Å². The molecule has 0 aliphatic heterocycles. The zero-order chi connectivity index (χ0) is 20.3. The average molecular weight is 389 g/mol. The first-order valence-electron chi connectivity index (χ1n) is 10.0. The van der Waals surface area contributed by atoms with Crippen molar-refractivity contribution in [2.45, 2.75) is 89.5 Å². The lowest BCUT2D eigenvalue weighted by Crippen LogP contribution is -2.38. The van der Waals surface area contributed by atoms with Gasteiger partial charge in [0.05, 0.1) is 5.22 Å². The molecule has 5 N–H and O–H groups in total. The van der Waals surface area contributed by atoms with Crippen molar-refractivity contribution in [3.8, 4) is 0 Å². The van der Waals surface area contributed by atoms with Crippen molar-refractivity contribution in [1.82, 2.24) is 5.32 Å². The molecule has 0 spiro atoms.